The number of para-hydroxylation sites is 1. The van der Waals surface area contributed by atoms with E-state index in [1.165, 1.54) is 0 Å². The van der Waals surface area contributed by atoms with E-state index < -0.39 is 0 Å². The number of benzene rings is 1. The number of piperazine rings is 1. The molecule has 2 rings (SSSR count). The molecule has 0 spiro atoms. The van der Waals surface area contributed by atoms with Gasteiger partial charge in [-0.15, -0.1) is 0 Å². The highest BCUT2D eigenvalue weighted by atomic mass is 16.5. The third kappa shape index (κ3) is 3.89. The molecule has 0 saturated carbocycles. The summed E-state index contributed by atoms with van der Waals surface area (Å²) in [7, 11) is 2.17. The molecule has 1 fully saturated rings. The molecule has 1 N–H and O–H groups in total. The Labute approximate surface area is 109 Å². The van der Waals surface area contributed by atoms with Crippen LogP contribution in [0.3, 0.4) is 0 Å². The van der Waals surface area contributed by atoms with Crippen molar-refractivity contribution in [3.63, 3.8) is 0 Å². The van der Waals surface area contributed by atoms with Crippen LogP contribution in [0.15, 0.2) is 24.3 Å². The van der Waals surface area contributed by atoms with Gasteiger partial charge in [-0.05, 0) is 25.6 Å². The fourth-order valence-electron chi connectivity index (χ4n) is 2.13. The molecule has 1 aliphatic heterocycles. The first-order chi connectivity index (χ1) is 8.75. The molecule has 18 heavy (non-hydrogen) atoms. The van der Waals surface area contributed by atoms with Gasteiger partial charge in [-0.3, -0.25) is 5.73 Å². The van der Waals surface area contributed by atoms with Crippen LogP contribution in [-0.4, -0.2) is 56.2 Å². The second-order valence-corrected chi connectivity index (χ2v) is 4.84. The van der Waals surface area contributed by atoms with Crippen molar-refractivity contribution in [2.24, 2.45) is 0 Å². The maximum absolute atomic E-state index is 7.68. The van der Waals surface area contributed by atoms with Gasteiger partial charge in [0.15, 0.2) is 0 Å². The van der Waals surface area contributed by atoms with Crippen LogP contribution in [0.2, 0.25) is 0 Å². The lowest BCUT2D eigenvalue weighted by atomic mass is 10.3. The Bertz CT molecular complexity index is 362. The minimum atomic E-state index is 0.470. The van der Waals surface area contributed by atoms with E-state index in [1.54, 1.807) is 6.07 Å². The summed E-state index contributed by atoms with van der Waals surface area (Å²) < 4.78 is 5.62. The van der Waals surface area contributed by atoms with Gasteiger partial charge in [0, 0.05) is 32.7 Å². The second-order valence-electron chi connectivity index (χ2n) is 4.84. The van der Waals surface area contributed by atoms with Crippen molar-refractivity contribution in [1.29, 1.82) is 0 Å². The van der Waals surface area contributed by atoms with Crippen molar-refractivity contribution >= 4 is 5.69 Å². The molecule has 1 aromatic rings. The monoisotopic (exact) mass is 248 g/mol. The number of nitrogens with one attached hydrogen (secondary N) is 1. The molecule has 1 aliphatic rings. The molecule has 1 heterocycles. The van der Waals surface area contributed by atoms with Crippen molar-refractivity contribution in [3.8, 4) is 5.75 Å². The van der Waals surface area contributed by atoms with E-state index in [4.69, 9.17) is 10.5 Å². The summed E-state index contributed by atoms with van der Waals surface area (Å²) in [6.07, 6.45) is 1.03. The van der Waals surface area contributed by atoms with Crippen LogP contribution < -0.4 is 10.5 Å². The maximum Gasteiger partial charge on any atom is 0.144 e. The summed E-state index contributed by atoms with van der Waals surface area (Å²) in [6.45, 7) is 6.43. The lowest BCUT2D eigenvalue weighted by Gasteiger charge is -2.32. The molecule has 0 atom stereocenters. The molecule has 0 aromatic heterocycles. The van der Waals surface area contributed by atoms with Gasteiger partial charge in [0.1, 0.15) is 5.75 Å². The summed E-state index contributed by atoms with van der Waals surface area (Å²) in [5.74, 6) is 0.691. The first-order valence-corrected chi connectivity index (χ1v) is 6.60. The molecule has 1 saturated heterocycles. The van der Waals surface area contributed by atoms with Crippen LogP contribution in [0, 0.1) is 0 Å². The van der Waals surface area contributed by atoms with E-state index in [0.29, 0.717) is 18.0 Å². The van der Waals surface area contributed by atoms with Gasteiger partial charge in [0.2, 0.25) is 0 Å². The molecule has 0 aliphatic carbocycles. The smallest absolute Gasteiger partial charge is 0.144 e. The van der Waals surface area contributed by atoms with Crippen LogP contribution in [0.1, 0.15) is 6.42 Å². The first kappa shape index (κ1) is 13.2. The lowest BCUT2D eigenvalue weighted by molar-refractivity contribution is 0.145. The minimum Gasteiger partial charge on any atom is -0.491 e. The van der Waals surface area contributed by atoms with Crippen molar-refractivity contribution in [2.45, 2.75) is 6.42 Å². The standard InChI is InChI=1S/C14H22N3O/c1-16-8-10-17(11-9-16)7-4-12-18-14-6-3-2-5-13(14)15/h2-3,5-6,15H,4,7-12H2,1H3. The highest BCUT2D eigenvalue weighted by molar-refractivity contribution is 5.48. The third-order valence-electron chi connectivity index (χ3n) is 3.36. The van der Waals surface area contributed by atoms with Gasteiger partial charge in [-0.1, -0.05) is 12.1 Å². The second kappa shape index (κ2) is 6.61. The largest absolute Gasteiger partial charge is 0.491 e. The fourth-order valence-corrected chi connectivity index (χ4v) is 2.13. The highest BCUT2D eigenvalue weighted by Crippen LogP contribution is 2.21. The van der Waals surface area contributed by atoms with E-state index in [9.17, 15) is 0 Å². The average molecular weight is 248 g/mol. The van der Waals surface area contributed by atoms with Crippen LogP contribution in [-0.2, 0) is 0 Å². The number of hydrogen-bond acceptors (Lipinski definition) is 3. The Morgan fingerprint density at radius 1 is 1.17 bits per heavy atom. The van der Waals surface area contributed by atoms with Crippen LogP contribution in [0.5, 0.6) is 5.75 Å². The summed E-state index contributed by atoms with van der Waals surface area (Å²) in [5, 5.41) is 0. The fraction of sp³-hybridized carbons (Fsp3) is 0.571. The van der Waals surface area contributed by atoms with Crippen LogP contribution in [0.25, 0.3) is 0 Å². The molecule has 4 heteroatoms. The SMILES string of the molecule is CN1CCN(CCCOc2ccccc2[NH])CC1. The van der Waals surface area contributed by atoms with Gasteiger partial charge in [-0.2, -0.15) is 0 Å². The first-order valence-electron chi connectivity index (χ1n) is 6.60. The predicted octanol–water partition coefficient (Wildman–Crippen LogP) is 1.62. The summed E-state index contributed by atoms with van der Waals surface area (Å²) in [6, 6.07) is 7.39. The topological polar surface area (TPSA) is 39.5 Å². The Morgan fingerprint density at radius 3 is 2.61 bits per heavy atom. The van der Waals surface area contributed by atoms with Gasteiger partial charge in [0.25, 0.3) is 0 Å². The quantitative estimate of drug-likeness (QED) is 0.743. The van der Waals surface area contributed by atoms with Crippen molar-refractivity contribution in [1.82, 2.24) is 15.5 Å². The zero-order chi connectivity index (χ0) is 12.8. The maximum atomic E-state index is 7.68. The Morgan fingerprint density at radius 2 is 1.89 bits per heavy atom. The lowest BCUT2D eigenvalue weighted by Crippen LogP contribution is -2.44. The molecular weight excluding hydrogens is 226 g/mol. The van der Waals surface area contributed by atoms with E-state index >= 15 is 0 Å². The Balaban J connectivity index is 1.63. The summed E-state index contributed by atoms with van der Waals surface area (Å²) >= 11 is 0. The Kier molecular flexibility index (Phi) is 4.84. The van der Waals surface area contributed by atoms with Gasteiger partial charge >= 0.3 is 0 Å². The molecule has 0 bridgehead atoms. The summed E-state index contributed by atoms with van der Waals surface area (Å²) in [5.41, 5.74) is 8.15. The van der Waals surface area contributed by atoms with E-state index in [1.807, 2.05) is 18.2 Å². The highest BCUT2D eigenvalue weighted by Gasteiger charge is 2.12. The van der Waals surface area contributed by atoms with Crippen molar-refractivity contribution in [3.05, 3.63) is 24.3 Å². The van der Waals surface area contributed by atoms with Crippen LogP contribution >= 0.6 is 0 Å². The molecule has 1 aromatic carbocycles. The van der Waals surface area contributed by atoms with E-state index in [-0.39, 0.29) is 0 Å². The predicted molar refractivity (Wildman–Crippen MR) is 73.2 cm³/mol. The Hall–Kier alpha value is -1.26. The number of rotatable bonds is 5. The summed E-state index contributed by atoms with van der Waals surface area (Å²) in [4.78, 5) is 4.85. The number of nitrogens with zero attached hydrogens (tertiary/aromatic N) is 2. The number of likely N-dealkylation sites (N-methyl/N-ethyl adjacent to an activating group) is 1. The van der Waals surface area contributed by atoms with Gasteiger partial charge < -0.3 is 14.5 Å². The molecule has 99 valence electrons. The number of hydrogen-bond donors (Lipinski definition) is 0. The van der Waals surface area contributed by atoms with E-state index in [2.05, 4.69) is 16.8 Å². The molecule has 0 unspecified atom stereocenters. The normalized spacial score (nSPS) is 17.8. The zero-order valence-corrected chi connectivity index (χ0v) is 11.1. The van der Waals surface area contributed by atoms with Gasteiger partial charge in [-0.25, -0.2) is 0 Å². The van der Waals surface area contributed by atoms with Crippen molar-refractivity contribution < 1.29 is 4.74 Å². The van der Waals surface area contributed by atoms with E-state index in [0.717, 1.165) is 39.1 Å². The van der Waals surface area contributed by atoms with Gasteiger partial charge in [0.05, 0.1) is 12.3 Å². The molecule has 4 nitrogen and oxygen atoms in total. The minimum absolute atomic E-state index is 0.470. The zero-order valence-electron chi connectivity index (χ0n) is 11.1. The molecule has 1 radical (unpaired) electrons. The average Bonchev–Trinajstić information content (AvgIpc) is 2.39. The molecular formula is C14H22N3O. The van der Waals surface area contributed by atoms with Crippen LogP contribution in [0.4, 0.5) is 5.69 Å². The van der Waals surface area contributed by atoms with Crippen molar-refractivity contribution in [2.75, 3.05) is 46.4 Å². The third-order valence-corrected chi connectivity index (χ3v) is 3.36. The number of ether oxygens (including phenoxy) is 1. The molecule has 0 amide bonds.